The number of rotatable bonds is 12. The van der Waals surface area contributed by atoms with Crippen molar-refractivity contribution in [3.63, 3.8) is 0 Å². The number of amides is 1. The number of guanidine groups is 1. The van der Waals surface area contributed by atoms with Crippen molar-refractivity contribution < 1.29 is 13.6 Å². The predicted molar refractivity (Wildman–Crippen MR) is 168 cm³/mol. The molecule has 42 heavy (non-hydrogen) atoms. The lowest BCUT2D eigenvalue weighted by atomic mass is 9.69. The lowest BCUT2D eigenvalue weighted by Crippen LogP contribution is -2.50. The summed E-state index contributed by atoms with van der Waals surface area (Å²) in [5, 5.41) is 16.4. The number of unbranched alkanes of at least 4 members (excludes halogenated alkanes) is 1. The molecule has 1 amide bonds. The number of nitriles is 1. The zero-order chi connectivity index (χ0) is 31.7. The molecule has 0 spiro atoms. The van der Waals surface area contributed by atoms with Crippen molar-refractivity contribution in [2.45, 2.75) is 112 Å². The van der Waals surface area contributed by atoms with Crippen molar-refractivity contribution >= 4 is 11.9 Å². The molecule has 2 N–H and O–H groups in total. The lowest BCUT2D eigenvalue weighted by Gasteiger charge is -2.36. The molecule has 0 aliphatic carbocycles. The van der Waals surface area contributed by atoms with Gasteiger partial charge in [-0.25, -0.2) is 13.8 Å². The van der Waals surface area contributed by atoms with E-state index >= 15 is 0 Å². The summed E-state index contributed by atoms with van der Waals surface area (Å²) in [4.78, 5) is 18.3. The molecule has 230 valence electrons. The smallest absolute Gasteiger partial charge is 0.258 e. The Kier molecular flexibility index (Phi) is 12.7. The zero-order valence-corrected chi connectivity index (χ0v) is 26.9. The number of aryl methyl sites for hydroxylation is 1. The number of nitrogens with zero attached hydrogens (tertiary/aromatic N) is 2. The highest BCUT2D eigenvalue weighted by Crippen LogP contribution is 2.40. The molecule has 0 fully saturated rings. The topological polar surface area (TPSA) is 77.3 Å². The monoisotopic (exact) mass is 580 g/mol. The van der Waals surface area contributed by atoms with E-state index in [-0.39, 0.29) is 29.4 Å². The first-order chi connectivity index (χ1) is 19.6. The molecular weight excluding hydrogens is 530 g/mol. The second-order valence-electron chi connectivity index (χ2n) is 13.0. The molecule has 0 saturated carbocycles. The quantitative estimate of drug-likeness (QED) is 0.195. The van der Waals surface area contributed by atoms with Crippen LogP contribution in [-0.2, 0) is 0 Å². The third kappa shape index (κ3) is 9.93. The van der Waals surface area contributed by atoms with E-state index in [0.717, 1.165) is 31.4 Å². The van der Waals surface area contributed by atoms with Crippen molar-refractivity contribution in [2.75, 3.05) is 0 Å². The van der Waals surface area contributed by atoms with Gasteiger partial charge >= 0.3 is 0 Å². The van der Waals surface area contributed by atoms with Crippen LogP contribution in [0, 0.1) is 47.1 Å². The summed E-state index contributed by atoms with van der Waals surface area (Å²) in [6, 6.07) is 13.9. The molecule has 0 bridgehead atoms. The third-order valence-electron chi connectivity index (χ3n) is 8.47. The molecule has 7 heteroatoms. The van der Waals surface area contributed by atoms with E-state index in [1.54, 1.807) is 0 Å². The Balaban J connectivity index is 2.63. The Labute approximate surface area is 252 Å². The van der Waals surface area contributed by atoms with E-state index in [1.165, 1.54) is 17.2 Å². The van der Waals surface area contributed by atoms with Gasteiger partial charge < -0.3 is 5.32 Å². The molecule has 0 radical (unpaired) electrons. The summed E-state index contributed by atoms with van der Waals surface area (Å²) in [7, 11) is 0. The number of nitrogens with one attached hydrogen (secondary N) is 2. The van der Waals surface area contributed by atoms with Gasteiger partial charge in [0.15, 0.2) is 17.6 Å². The number of benzene rings is 2. The molecular formula is C35H50F2N4O. The van der Waals surface area contributed by atoms with Crippen LogP contribution in [0.3, 0.4) is 0 Å². The minimum Gasteiger partial charge on any atom is -0.351 e. The molecule has 0 aliphatic rings. The Bertz CT molecular complexity index is 1250. The predicted octanol–water partition coefficient (Wildman–Crippen LogP) is 8.69. The maximum absolute atomic E-state index is 13.9. The number of aliphatic imine (C=N–C) groups is 1. The minimum absolute atomic E-state index is 0.0111. The summed E-state index contributed by atoms with van der Waals surface area (Å²) in [5.41, 5.74) is 1.32. The number of hydrogen-bond acceptors (Lipinski definition) is 3. The first-order valence-electron chi connectivity index (χ1n) is 15.2. The molecule has 0 saturated heterocycles. The molecule has 0 heterocycles. The number of halogens is 2. The summed E-state index contributed by atoms with van der Waals surface area (Å²) < 4.78 is 27.5. The average molecular weight is 581 g/mol. The van der Waals surface area contributed by atoms with Gasteiger partial charge in [0.25, 0.3) is 5.91 Å². The Morgan fingerprint density at radius 2 is 1.67 bits per heavy atom. The summed E-state index contributed by atoms with van der Waals surface area (Å²) in [6.07, 6.45) is 4.65. The van der Waals surface area contributed by atoms with Crippen molar-refractivity contribution in [3.8, 4) is 6.07 Å². The van der Waals surface area contributed by atoms with E-state index in [9.17, 15) is 18.8 Å². The van der Waals surface area contributed by atoms with Gasteiger partial charge in [-0.1, -0.05) is 76.8 Å². The van der Waals surface area contributed by atoms with Crippen LogP contribution in [0.5, 0.6) is 0 Å². The van der Waals surface area contributed by atoms with Crippen molar-refractivity contribution in [2.24, 2.45) is 22.2 Å². The van der Waals surface area contributed by atoms with Gasteiger partial charge in [-0.05, 0) is 89.0 Å². The van der Waals surface area contributed by atoms with E-state index in [0.29, 0.717) is 18.8 Å². The lowest BCUT2D eigenvalue weighted by molar-refractivity contribution is 0.0974. The van der Waals surface area contributed by atoms with Gasteiger partial charge in [0.2, 0.25) is 0 Å². The fourth-order valence-electron chi connectivity index (χ4n) is 5.23. The highest BCUT2D eigenvalue weighted by molar-refractivity contribution is 6.05. The second-order valence-corrected chi connectivity index (χ2v) is 13.0. The van der Waals surface area contributed by atoms with Crippen LogP contribution in [0.4, 0.5) is 8.78 Å². The van der Waals surface area contributed by atoms with Crippen LogP contribution in [-0.4, -0.2) is 23.4 Å². The first-order valence-corrected chi connectivity index (χ1v) is 15.2. The average Bonchev–Trinajstić information content (AvgIpc) is 2.94. The molecule has 2 aromatic rings. The van der Waals surface area contributed by atoms with Crippen molar-refractivity contribution in [3.05, 3.63) is 70.8 Å². The number of hydrogen-bond donors (Lipinski definition) is 2. The Morgan fingerprint density at radius 3 is 2.19 bits per heavy atom. The fourth-order valence-corrected chi connectivity index (χ4v) is 5.23. The van der Waals surface area contributed by atoms with E-state index < -0.39 is 28.5 Å². The van der Waals surface area contributed by atoms with Crippen LogP contribution in [0.1, 0.15) is 115 Å². The molecule has 5 unspecified atom stereocenters. The van der Waals surface area contributed by atoms with Crippen LogP contribution < -0.4 is 10.6 Å². The third-order valence-corrected chi connectivity index (χ3v) is 8.47. The van der Waals surface area contributed by atoms with E-state index in [1.807, 2.05) is 34.6 Å². The highest BCUT2D eigenvalue weighted by atomic mass is 19.2. The largest absolute Gasteiger partial charge is 0.351 e. The van der Waals surface area contributed by atoms with Crippen LogP contribution >= 0.6 is 0 Å². The first kappa shape index (κ1) is 34.9. The number of carbonyl (C=O) groups is 1. The number of carbonyl (C=O) groups excluding carboxylic acids is 1. The maximum atomic E-state index is 13.9. The standard InChI is InChI=1S/C35H50F2N4O/c1-10-12-13-24(4)28(26-16-14-23(3)15-17-26)21-31(25(5)35(9,11-2)22-38)39-33(41-34(6,7)8)40-32(42)27-18-19-29(36)30(37)20-27/h14-20,24-25,28,31H,10-13,21H2,1-9H3,(H2,39,40,41,42). The van der Waals surface area contributed by atoms with E-state index in [2.05, 4.69) is 68.7 Å². The summed E-state index contributed by atoms with van der Waals surface area (Å²) in [5.74, 6) is -2.04. The molecule has 2 rings (SSSR count). The van der Waals surface area contributed by atoms with Crippen molar-refractivity contribution in [1.29, 1.82) is 5.26 Å². The maximum Gasteiger partial charge on any atom is 0.258 e. The molecule has 2 aromatic carbocycles. The van der Waals surface area contributed by atoms with Gasteiger partial charge in [-0.15, -0.1) is 0 Å². The van der Waals surface area contributed by atoms with Crippen LogP contribution in [0.15, 0.2) is 47.5 Å². The normalized spacial score (nSPS) is 16.5. The molecule has 0 aliphatic heterocycles. The molecule has 5 nitrogen and oxygen atoms in total. The fraction of sp³-hybridized carbons (Fsp3) is 0.571. The zero-order valence-electron chi connectivity index (χ0n) is 26.9. The molecule has 5 atom stereocenters. The van der Waals surface area contributed by atoms with Crippen LogP contribution in [0.25, 0.3) is 0 Å². The SMILES string of the molecule is CCCCC(C)C(CC(N=C(NC(=O)c1ccc(F)c(F)c1)NC(C)(C)C)C(C)C(C)(C#N)CC)c1ccc(C)cc1. The van der Waals surface area contributed by atoms with Crippen molar-refractivity contribution in [1.82, 2.24) is 10.6 Å². The summed E-state index contributed by atoms with van der Waals surface area (Å²) in [6.45, 7) is 18.5. The Morgan fingerprint density at radius 1 is 1.02 bits per heavy atom. The van der Waals surface area contributed by atoms with Gasteiger partial charge in [-0.3, -0.25) is 10.1 Å². The van der Waals surface area contributed by atoms with Gasteiger partial charge in [0, 0.05) is 11.1 Å². The second kappa shape index (κ2) is 15.3. The molecule has 0 aromatic heterocycles. The highest BCUT2D eigenvalue weighted by Gasteiger charge is 2.38. The van der Waals surface area contributed by atoms with Gasteiger partial charge in [0.05, 0.1) is 17.5 Å². The van der Waals surface area contributed by atoms with Gasteiger partial charge in [-0.2, -0.15) is 5.26 Å². The van der Waals surface area contributed by atoms with Crippen LogP contribution in [0.2, 0.25) is 0 Å². The van der Waals surface area contributed by atoms with E-state index in [4.69, 9.17) is 4.99 Å². The summed E-state index contributed by atoms with van der Waals surface area (Å²) >= 11 is 0. The minimum atomic E-state index is -1.09. The van der Waals surface area contributed by atoms with Gasteiger partial charge in [0.1, 0.15) is 0 Å². The Hall–Kier alpha value is -3.27.